The first kappa shape index (κ1) is 18.3. The molecule has 140 valence electrons. The van der Waals surface area contributed by atoms with Crippen LogP contribution in [0.4, 0.5) is 5.95 Å². The fourth-order valence-corrected chi connectivity index (χ4v) is 3.24. The molecule has 8 nitrogen and oxygen atoms in total. The van der Waals surface area contributed by atoms with Crippen LogP contribution in [0.15, 0.2) is 29.0 Å². The number of carbonyl (C=O) groups is 1. The highest BCUT2D eigenvalue weighted by atomic mass is 16.5. The van der Waals surface area contributed by atoms with Gasteiger partial charge in [0.1, 0.15) is 5.60 Å². The molecule has 3 heterocycles. The van der Waals surface area contributed by atoms with E-state index in [9.17, 15) is 9.90 Å². The molecule has 26 heavy (non-hydrogen) atoms. The summed E-state index contributed by atoms with van der Waals surface area (Å²) in [6.45, 7) is 5.39. The molecule has 1 N–H and O–H groups in total. The van der Waals surface area contributed by atoms with E-state index in [1.165, 1.54) is 4.90 Å². The van der Waals surface area contributed by atoms with Crippen LogP contribution in [0, 0.1) is 5.92 Å². The first-order valence-corrected chi connectivity index (χ1v) is 8.82. The standard InChI is InChI=1S/C18H25N5O3/c1-13(2)9-14-10-15(26-21-14)16(24)22(3)11-18(25)5-8-23(12-18)17-19-6-4-7-20-17/h4,6-7,10,13,25H,5,8-9,11-12H2,1-3H3. The van der Waals surface area contributed by atoms with E-state index in [-0.39, 0.29) is 18.2 Å². The zero-order chi connectivity index (χ0) is 18.7. The number of hydrogen-bond donors (Lipinski definition) is 1. The summed E-state index contributed by atoms with van der Waals surface area (Å²) in [7, 11) is 1.66. The Morgan fingerprint density at radius 3 is 2.85 bits per heavy atom. The second-order valence-electron chi connectivity index (χ2n) is 7.39. The van der Waals surface area contributed by atoms with Crippen LogP contribution < -0.4 is 4.90 Å². The minimum Gasteiger partial charge on any atom is -0.386 e. The summed E-state index contributed by atoms with van der Waals surface area (Å²) in [5.41, 5.74) is -0.242. The van der Waals surface area contributed by atoms with Crippen molar-refractivity contribution in [2.24, 2.45) is 5.92 Å². The normalized spacial score (nSPS) is 20.0. The molecule has 0 aliphatic carbocycles. The average molecular weight is 359 g/mol. The molecule has 1 unspecified atom stereocenters. The lowest BCUT2D eigenvalue weighted by molar-refractivity contribution is 0.0247. The van der Waals surface area contributed by atoms with Gasteiger partial charge < -0.3 is 19.4 Å². The summed E-state index contributed by atoms with van der Waals surface area (Å²) in [6, 6.07) is 3.44. The SMILES string of the molecule is CC(C)Cc1cc(C(=O)N(C)CC2(O)CCN(c3ncccn3)C2)on1. The number of aromatic nitrogens is 3. The highest BCUT2D eigenvalue weighted by Crippen LogP contribution is 2.25. The molecular formula is C18H25N5O3. The molecule has 1 aliphatic rings. The molecule has 0 saturated carbocycles. The van der Waals surface area contributed by atoms with E-state index in [1.807, 2.05) is 4.90 Å². The predicted molar refractivity (Wildman–Crippen MR) is 95.8 cm³/mol. The van der Waals surface area contributed by atoms with Gasteiger partial charge >= 0.3 is 0 Å². The molecule has 1 fully saturated rings. The minimum absolute atomic E-state index is 0.202. The van der Waals surface area contributed by atoms with Crippen molar-refractivity contribution in [1.29, 1.82) is 0 Å². The maximum atomic E-state index is 12.6. The molecule has 1 saturated heterocycles. The Kier molecular flexibility index (Phi) is 5.22. The zero-order valence-corrected chi connectivity index (χ0v) is 15.4. The first-order chi connectivity index (χ1) is 12.4. The lowest BCUT2D eigenvalue weighted by atomic mass is 10.0. The number of nitrogens with zero attached hydrogens (tertiary/aromatic N) is 5. The topological polar surface area (TPSA) is 95.6 Å². The second-order valence-corrected chi connectivity index (χ2v) is 7.39. The van der Waals surface area contributed by atoms with Gasteiger partial charge in [0.25, 0.3) is 5.91 Å². The van der Waals surface area contributed by atoms with Crippen LogP contribution in [-0.4, -0.2) is 63.3 Å². The predicted octanol–water partition coefficient (Wildman–Crippen LogP) is 1.38. The summed E-state index contributed by atoms with van der Waals surface area (Å²) in [5.74, 6) is 0.945. The van der Waals surface area contributed by atoms with Gasteiger partial charge in [0.05, 0.1) is 18.8 Å². The number of carbonyl (C=O) groups excluding carboxylic acids is 1. The van der Waals surface area contributed by atoms with Crippen LogP contribution >= 0.6 is 0 Å². The highest BCUT2D eigenvalue weighted by molar-refractivity contribution is 5.91. The van der Waals surface area contributed by atoms with Crippen LogP contribution in [0.3, 0.4) is 0 Å². The molecule has 0 aromatic carbocycles. The maximum Gasteiger partial charge on any atom is 0.292 e. The number of β-amino-alcohol motifs (C(OH)–C–C–N with tert-alkyl or cyclic N) is 1. The monoisotopic (exact) mass is 359 g/mol. The number of likely N-dealkylation sites (N-methyl/N-ethyl adjacent to an activating group) is 1. The average Bonchev–Trinajstić information content (AvgIpc) is 3.21. The van der Waals surface area contributed by atoms with E-state index in [4.69, 9.17) is 4.52 Å². The first-order valence-electron chi connectivity index (χ1n) is 8.82. The summed E-state index contributed by atoms with van der Waals surface area (Å²) in [4.78, 5) is 24.4. The van der Waals surface area contributed by atoms with Gasteiger partial charge in [0, 0.05) is 32.1 Å². The Labute approximate surface area is 152 Å². The lowest BCUT2D eigenvalue weighted by Crippen LogP contribution is -2.46. The molecular weight excluding hydrogens is 334 g/mol. The van der Waals surface area contributed by atoms with Crippen molar-refractivity contribution in [3.05, 3.63) is 36.0 Å². The molecule has 0 spiro atoms. The van der Waals surface area contributed by atoms with Gasteiger partial charge in [0.2, 0.25) is 11.7 Å². The molecule has 1 atom stereocenters. The third kappa shape index (κ3) is 4.19. The molecule has 0 bridgehead atoms. The van der Waals surface area contributed by atoms with Gasteiger partial charge in [-0.2, -0.15) is 0 Å². The van der Waals surface area contributed by atoms with E-state index in [0.29, 0.717) is 31.4 Å². The summed E-state index contributed by atoms with van der Waals surface area (Å²) >= 11 is 0. The van der Waals surface area contributed by atoms with Crippen LogP contribution in [0.2, 0.25) is 0 Å². The summed E-state index contributed by atoms with van der Waals surface area (Å²) in [6.07, 6.45) is 4.65. The number of amides is 1. The van der Waals surface area contributed by atoms with E-state index >= 15 is 0 Å². The Bertz CT molecular complexity index is 748. The lowest BCUT2D eigenvalue weighted by Gasteiger charge is -2.28. The number of anilines is 1. The Morgan fingerprint density at radius 2 is 2.15 bits per heavy atom. The molecule has 0 radical (unpaired) electrons. The number of hydrogen-bond acceptors (Lipinski definition) is 7. The smallest absolute Gasteiger partial charge is 0.292 e. The van der Waals surface area contributed by atoms with Crippen molar-refractivity contribution in [1.82, 2.24) is 20.0 Å². The quantitative estimate of drug-likeness (QED) is 0.832. The third-order valence-corrected chi connectivity index (χ3v) is 4.43. The van der Waals surface area contributed by atoms with Gasteiger partial charge in [-0.1, -0.05) is 19.0 Å². The van der Waals surface area contributed by atoms with E-state index in [2.05, 4.69) is 29.0 Å². The molecule has 2 aromatic rings. The van der Waals surface area contributed by atoms with Crippen LogP contribution in [-0.2, 0) is 6.42 Å². The van der Waals surface area contributed by atoms with Crippen LogP contribution in [0.5, 0.6) is 0 Å². The van der Waals surface area contributed by atoms with Crippen LogP contribution in [0.1, 0.15) is 36.5 Å². The number of rotatable bonds is 6. The van der Waals surface area contributed by atoms with Crippen molar-refractivity contribution in [2.75, 3.05) is 31.6 Å². The maximum absolute atomic E-state index is 12.6. The van der Waals surface area contributed by atoms with Crippen molar-refractivity contribution in [2.45, 2.75) is 32.3 Å². The van der Waals surface area contributed by atoms with Crippen LogP contribution in [0.25, 0.3) is 0 Å². The summed E-state index contributed by atoms with van der Waals surface area (Å²) < 4.78 is 5.18. The Hall–Kier alpha value is -2.48. The molecule has 2 aromatic heterocycles. The zero-order valence-electron chi connectivity index (χ0n) is 15.4. The largest absolute Gasteiger partial charge is 0.386 e. The minimum atomic E-state index is -1.01. The fourth-order valence-electron chi connectivity index (χ4n) is 3.24. The van der Waals surface area contributed by atoms with Gasteiger partial charge in [-0.05, 0) is 24.8 Å². The van der Waals surface area contributed by atoms with E-state index < -0.39 is 5.60 Å². The van der Waals surface area contributed by atoms with E-state index in [1.54, 1.807) is 31.6 Å². The third-order valence-electron chi connectivity index (χ3n) is 4.43. The van der Waals surface area contributed by atoms with Crippen molar-refractivity contribution in [3.8, 4) is 0 Å². The Balaban J connectivity index is 1.61. The fraction of sp³-hybridized carbons (Fsp3) is 0.556. The van der Waals surface area contributed by atoms with Crippen molar-refractivity contribution >= 4 is 11.9 Å². The van der Waals surface area contributed by atoms with Gasteiger partial charge in [-0.3, -0.25) is 4.79 Å². The highest BCUT2D eigenvalue weighted by Gasteiger charge is 2.39. The van der Waals surface area contributed by atoms with Gasteiger partial charge in [-0.15, -0.1) is 0 Å². The Morgan fingerprint density at radius 1 is 1.42 bits per heavy atom. The van der Waals surface area contributed by atoms with Crippen molar-refractivity contribution < 1.29 is 14.4 Å². The number of aliphatic hydroxyl groups is 1. The molecule has 1 aliphatic heterocycles. The summed E-state index contributed by atoms with van der Waals surface area (Å²) in [5, 5.41) is 14.8. The molecule has 1 amide bonds. The molecule has 3 rings (SSSR count). The van der Waals surface area contributed by atoms with Gasteiger partial charge in [0.15, 0.2) is 0 Å². The van der Waals surface area contributed by atoms with E-state index in [0.717, 1.165) is 12.1 Å². The second kappa shape index (κ2) is 7.41. The molecule has 8 heteroatoms. The van der Waals surface area contributed by atoms with Crippen molar-refractivity contribution in [3.63, 3.8) is 0 Å². The van der Waals surface area contributed by atoms with Gasteiger partial charge in [-0.25, -0.2) is 9.97 Å².